The van der Waals surface area contributed by atoms with Gasteiger partial charge in [-0.05, 0) is 12.8 Å². The molecule has 0 aromatic heterocycles. The van der Waals surface area contributed by atoms with E-state index in [0.29, 0.717) is 12.3 Å². The summed E-state index contributed by atoms with van der Waals surface area (Å²) in [5.74, 6) is 0.322. The lowest BCUT2D eigenvalue weighted by atomic mass is 9.94. The van der Waals surface area contributed by atoms with Crippen LogP contribution in [0.2, 0.25) is 0 Å². The number of nitrogens with zero attached hydrogens (tertiary/aromatic N) is 2. The summed E-state index contributed by atoms with van der Waals surface area (Å²) in [6, 6.07) is 0.813. The molecule has 3 nitrogen and oxygen atoms in total. The first kappa shape index (κ1) is 11.9. The molecule has 0 unspecified atom stereocenters. The molecule has 2 aliphatic rings. The van der Waals surface area contributed by atoms with Crippen LogP contribution in [0.25, 0.3) is 0 Å². The fourth-order valence-corrected chi connectivity index (χ4v) is 3.01. The van der Waals surface area contributed by atoms with Crippen molar-refractivity contribution >= 4 is 5.91 Å². The lowest BCUT2D eigenvalue weighted by Gasteiger charge is -2.40. The van der Waals surface area contributed by atoms with E-state index in [-0.39, 0.29) is 0 Å². The van der Waals surface area contributed by atoms with Gasteiger partial charge in [-0.1, -0.05) is 26.2 Å². The maximum Gasteiger partial charge on any atom is 0.222 e. The van der Waals surface area contributed by atoms with Gasteiger partial charge in [-0.2, -0.15) is 0 Å². The highest BCUT2D eigenvalue weighted by molar-refractivity contribution is 5.75. The summed E-state index contributed by atoms with van der Waals surface area (Å²) in [6.07, 6.45) is 7.63. The Morgan fingerprint density at radius 3 is 2.25 bits per heavy atom. The molecule has 0 spiro atoms. The highest BCUT2D eigenvalue weighted by atomic mass is 16.2. The van der Waals surface area contributed by atoms with Crippen molar-refractivity contribution in [2.75, 3.05) is 26.2 Å². The van der Waals surface area contributed by atoms with Crippen LogP contribution in [0.3, 0.4) is 0 Å². The van der Waals surface area contributed by atoms with Gasteiger partial charge in [0.2, 0.25) is 5.91 Å². The molecule has 16 heavy (non-hydrogen) atoms. The molecule has 1 heterocycles. The second-order valence-corrected chi connectivity index (χ2v) is 5.06. The summed E-state index contributed by atoms with van der Waals surface area (Å²) in [4.78, 5) is 16.2. The number of carbonyl (C=O) groups is 1. The molecule has 1 aliphatic carbocycles. The van der Waals surface area contributed by atoms with E-state index in [1.54, 1.807) is 0 Å². The molecule has 92 valence electrons. The first-order valence-electron chi connectivity index (χ1n) is 6.83. The summed E-state index contributed by atoms with van der Waals surface area (Å²) in [6.45, 7) is 6.04. The second-order valence-electron chi connectivity index (χ2n) is 5.06. The minimum absolute atomic E-state index is 0.322. The van der Waals surface area contributed by atoms with E-state index < -0.39 is 0 Å². The Hall–Kier alpha value is -0.570. The molecule has 0 N–H and O–H groups in total. The largest absolute Gasteiger partial charge is 0.340 e. The Kier molecular flexibility index (Phi) is 4.22. The molecule has 1 saturated carbocycles. The molecule has 0 aromatic carbocycles. The number of hydrogen-bond acceptors (Lipinski definition) is 2. The Labute approximate surface area is 98.8 Å². The fraction of sp³-hybridized carbons (Fsp3) is 0.923. The highest BCUT2D eigenvalue weighted by Crippen LogP contribution is 2.23. The third-order valence-electron chi connectivity index (χ3n) is 4.06. The zero-order chi connectivity index (χ0) is 11.4. The van der Waals surface area contributed by atoms with Gasteiger partial charge >= 0.3 is 0 Å². The number of rotatable bonds is 2. The number of carbonyl (C=O) groups excluding carboxylic acids is 1. The van der Waals surface area contributed by atoms with Crippen molar-refractivity contribution in [2.45, 2.75) is 51.5 Å². The Balaban J connectivity index is 1.78. The van der Waals surface area contributed by atoms with Crippen LogP contribution >= 0.6 is 0 Å². The van der Waals surface area contributed by atoms with Crippen LogP contribution in [-0.2, 0) is 4.79 Å². The highest BCUT2D eigenvalue weighted by Gasteiger charge is 2.26. The van der Waals surface area contributed by atoms with E-state index in [4.69, 9.17) is 0 Å². The van der Waals surface area contributed by atoms with Crippen molar-refractivity contribution in [3.8, 4) is 0 Å². The molecule has 1 saturated heterocycles. The van der Waals surface area contributed by atoms with Gasteiger partial charge in [-0.15, -0.1) is 0 Å². The normalized spacial score (nSPS) is 24.7. The predicted octanol–water partition coefficient (Wildman–Crippen LogP) is 1.87. The maximum atomic E-state index is 11.6. The quantitative estimate of drug-likeness (QED) is 0.715. The van der Waals surface area contributed by atoms with Crippen molar-refractivity contribution < 1.29 is 4.79 Å². The molecule has 1 aliphatic heterocycles. The van der Waals surface area contributed by atoms with Gasteiger partial charge in [0, 0.05) is 38.6 Å². The van der Waals surface area contributed by atoms with E-state index >= 15 is 0 Å². The summed E-state index contributed by atoms with van der Waals surface area (Å²) >= 11 is 0. The summed E-state index contributed by atoms with van der Waals surface area (Å²) < 4.78 is 0. The molecule has 2 fully saturated rings. The average molecular weight is 224 g/mol. The van der Waals surface area contributed by atoms with Crippen LogP contribution < -0.4 is 0 Å². The zero-order valence-electron chi connectivity index (χ0n) is 10.5. The van der Waals surface area contributed by atoms with Gasteiger partial charge in [-0.3, -0.25) is 9.69 Å². The molecule has 0 bridgehead atoms. The number of amides is 1. The minimum atomic E-state index is 0.322. The van der Waals surface area contributed by atoms with Crippen LogP contribution in [0.5, 0.6) is 0 Å². The van der Waals surface area contributed by atoms with Crippen LogP contribution in [0.1, 0.15) is 45.4 Å². The summed E-state index contributed by atoms with van der Waals surface area (Å²) in [7, 11) is 0. The zero-order valence-corrected chi connectivity index (χ0v) is 10.5. The molecule has 0 aromatic rings. The van der Waals surface area contributed by atoms with E-state index in [1.165, 1.54) is 32.1 Å². The van der Waals surface area contributed by atoms with Crippen molar-refractivity contribution in [3.05, 3.63) is 0 Å². The van der Waals surface area contributed by atoms with E-state index in [9.17, 15) is 4.79 Å². The van der Waals surface area contributed by atoms with Crippen molar-refractivity contribution in [1.29, 1.82) is 0 Å². The third kappa shape index (κ3) is 2.76. The molecule has 2 rings (SSSR count). The summed E-state index contributed by atoms with van der Waals surface area (Å²) in [5.41, 5.74) is 0. The van der Waals surface area contributed by atoms with E-state index in [1.807, 2.05) is 11.8 Å². The molecule has 0 atom stereocenters. The lowest BCUT2D eigenvalue weighted by molar-refractivity contribution is -0.133. The first-order chi connectivity index (χ1) is 7.81. The van der Waals surface area contributed by atoms with Gasteiger partial charge in [0.15, 0.2) is 0 Å². The second kappa shape index (κ2) is 5.67. The average Bonchev–Trinajstić information content (AvgIpc) is 2.39. The van der Waals surface area contributed by atoms with Crippen LogP contribution in [0.4, 0.5) is 0 Å². The van der Waals surface area contributed by atoms with Crippen LogP contribution in [0, 0.1) is 0 Å². The topological polar surface area (TPSA) is 23.6 Å². The predicted molar refractivity (Wildman–Crippen MR) is 65.3 cm³/mol. The van der Waals surface area contributed by atoms with Gasteiger partial charge < -0.3 is 4.90 Å². The van der Waals surface area contributed by atoms with Crippen LogP contribution in [-0.4, -0.2) is 47.9 Å². The standard InChI is InChI=1S/C13H24N2O/c1-2-13(16)15-10-8-14(9-11-15)12-6-4-3-5-7-12/h12H,2-11H2,1H3. The Bertz CT molecular complexity index is 228. The third-order valence-corrected chi connectivity index (χ3v) is 4.06. The molecular formula is C13H24N2O. The lowest BCUT2D eigenvalue weighted by Crippen LogP contribution is -2.52. The van der Waals surface area contributed by atoms with Gasteiger partial charge in [-0.25, -0.2) is 0 Å². The molecule has 3 heteroatoms. The SMILES string of the molecule is CCC(=O)N1CCN(C2CCCCC2)CC1. The maximum absolute atomic E-state index is 11.6. The monoisotopic (exact) mass is 224 g/mol. The molecule has 1 amide bonds. The first-order valence-corrected chi connectivity index (χ1v) is 6.83. The number of piperazine rings is 1. The van der Waals surface area contributed by atoms with Gasteiger partial charge in [0.05, 0.1) is 0 Å². The van der Waals surface area contributed by atoms with Gasteiger partial charge in [0.25, 0.3) is 0 Å². The van der Waals surface area contributed by atoms with Crippen molar-refractivity contribution in [2.24, 2.45) is 0 Å². The van der Waals surface area contributed by atoms with Crippen LogP contribution in [0.15, 0.2) is 0 Å². The van der Waals surface area contributed by atoms with Crippen molar-refractivity contribution in [3.63, 3.8) is 0 Å². The molecule has 0 radical (unpaired) electrons. The van der Waals surface area contributed by atoms with Crippen molar-refractivity contribution in [1.82, 2.24) is 9.80 Å². The Morgan fingerprint density at radius 1 is 1.06 bits per heavy atom. The smallest absolute Gasteiger partial charge is 0.222 e. The number of hydrogen-bond donors (Lipinski definition) is 0. The minimum Gasteiger partial charge on any atom is -0.340 e. The van der Waals surface area contributed by atoms with E-state index in [0.717, 1.165) is 32.2 Å². The fourth-order valence-electron chi connectivity index (χ4n) is 3.01. The molecular weight excluding hydrogens is 200 g/mol. The Morgan fingerprint density at radius 2 is 1.69 bits per heavy atom. The van der Waals surface area contributed by atoms with Gasteiger partial charge in [0.1, 0.15) is 0 Å². The summed E-state index contributed by atoms with van der Waals surface area (Å²) in [5, 5.41) is 0. The van der Waals surface area contributed by atoms with E-state index in [2.05, 4.69) is 4.90 Å².